The number of benzene rings is 1. The van der Waals surface area contributed by atoms with Crippen LogP contribution in [0.2, 0.25) is 0 Å². The van der Waals surface area contributed by atoms with E-state index in [1.807, 2.05) is 6.07 Å². The van der Waals surface area contributed by atoms with Crippen LogP contribution in [0.15, 0.2) is 24.3 Å². The molecule has 1 heterocycles. The molecule has 1 aromatic carbocycles. The molecule has 0 spiro atoms. The number of rotatable bonds is 6. The number of hydrogen-bond donors (Lipinski definition) is 1. The molecule has 2 rings (SSSR count). The minimum absolute atomic E-state index is 0.199. The minimum atomic E-state index is 0.199. The van der Waals surface area contributed by atoms with Crippen molar-refractivity contribution < 1.29 is 9.47 Å². The summed E-state index contributed by atoms with van der Waals surface area (Å²) >= 11 is 0. The molecule has 0 saturated carbocycles. The molecule has 0 aliphatic carbocycles. The van der Waals surface area contributed by atoms with Crippen molar-refractivity contribution in [3.8, 4) is 5.75 Å². The van der Waals surface area contributed by atoms with Crippen molar-refractivity contribution in [2.24, 2.45) is 5.92 Å². The maximum atomic E-state index is 5.95. The largest absolute Gasteiger partial charge is 0.491 e. The lowest BCUT2D eigenvalue weighted by Gasteiger charge is -2.27. The summed E-state index contributed by atoms with van der Waals surface area (Å²) in [5.41, 5.74) is 1.25. The molecule has 0 bridgehead atoms. The Kier molecular flexibility index (Phi) is 5.44. The van der Waals surface area contributed by atoms with Gasteiger partial charge in [0.15, 0.2) is 0 Å². The highest BCUT2D eigenvalue weighted by molar-refractivity contribution is 5.31. The van der Waals surface area contributed by atoms with Gasteiger partial charge < -0.3 is 14.8 Å². The quantitative estimate of drug-likeness (QED) is 0.862. The fraction of sp³-hybridized carbons (Fsp3) is 0.647. The molecule has 0 aromatic heterocycles. The maximum Gasteiger partial charge on any atom is 0.120 e. The van der Waals surface area contributed by atoms with E-state index in [1.54, 1.807) is 0 Å². The molecule has 112 valence electrons. The zero-order valence-electron chi connectivity index (χ0n) is 13.1. The van der Waals surface area contributed by atoms with Gasteiger partial charge in [0.25, 0.3) is 0 Å². The van der Waals surface area contributed by atoms with Crippen LogP contribution in [-0.2, 0) is 4.74 Å². The van der Waals surface area contributed by atoms with Crippen LogP contribution < -0.4 is 10.1 Å². The average molecular weight is 277 g/mol. The highest BCUT2D eigenvalue weighted by Gasteiger charge is 2.32. The van der Waals surface area contributed by atoms with E-state index in [1.165, 1.54) is 5.56 Å². The lowest BCUT2D eigenvalue weighted by Crippen LogP contribution is -2.34. The van der Waals surface area contributed by atoms with Crippen LogP contribution in [0, 0.1) is 5.92 Å². The number of hydrogen-bond acceptors (Lipinski definition) is 3. The summed E-state index contributed by atoms with van der Waals surface area (Å²) in [5, 5.41) is 3.57. The van der Waals surface area contributed by atoms with E-state index in [2.05, 4.69) is 51.2 Å². The Balaban J connectivity index is 2.20. The standard InChI is InChI=1S/C17H27NO2/c1-5-18-16(17-13(4)9-10-19-17)14-7-6-8-15(11-14)20-12(2)3/h6-8,11-13,16-18H,5,9-10H2,1-4H3. The highest BCUT2D eigenvalue weighted by Crippen LogP contribution is 2.32. The first-order chi connectivity index (χ1) is 9.61. The van der Waals surface area contributed by atoms with Crippen LogP contribution in [-0.4, -0.2) is 25.4 Å². The van der Waals surface area contributed by atoms with Crippen molar-refractivity contribution in [3.05, 3.63) is 29.8 Å². The van der Waals surface area contributed by atoms with Crippen LogP contribution in [0.4, 0.5) is 0 Å². The topological polar surface area (TPSA) is 30.5 Å². The van der Waals surface area contributed by atoms with Crippen molar-refractivity contribution in [3.63, 3.8) is 0 Å². The third kappa shape index (κ3) is 3.74. The first kappa shape index (κ1) is 15.3. The molecule has 1 saturated heterocycles. The number of ether oxygens (including phenoxy) is 2. The second-order valence-corrected chi connectivity index (χ2v) is 5.88. The van der Waals surface area contributed by atoms with Crippen LogP contribution in [0.25, 0.3) is 0 Å². The van der Waals surface area contributed by atoms with Gasteiger partial charge in [-0.3, -0.25) is 0 Å². The Morgan fingerprint density at radius 1 is 1.40 bits per heavy atom. The van der Waals surface area contributed by atoms with Gasteiger partial charge in [-0.1, -0.05) is 26.0 Å². The van der Waals surface area contributed by atoms with Gasteiger partial charge >= 0.3 is 0 Å². The number of likely N-dealkylation sites (N-methyl/N-ethyl adjacent to an activating group) is 1. The molecule has 1 N–H and O–H groups in total. The van der Waals surface area contributed by atoms with Crippen molar-refractivity contribution in [1.29, 1.82) is 0 Å². The average Bonchev–Trinajstić information content (AvgIpc) is 2.81. The lowest BCUT2D eigenvalue weighted by atomic mass is 9.92. The fourth-order valence-electron chi connectivity index (χ4n) is 2.84. The summed E-state index contributed by atoms with van der Waals surface area (Å²) in [5.74, 6) is 1.53. The number of nitrogens with one attached hydrogen (secondary N) is 1. The zero-order valence-corrected chi connectivity index (χ0v) is 13.1. The smallest absolute Gasteiger partial charge is 0.120 e. The van der Waals surface area contributed by atoms with Gasteiger partial charge in [-0.15, -0.1) is 0 Å². The Morgan fingerprint density at radius 3 is 2.80 bits per heavy atom. The molecule has 3 unspecified atom stereocenters. The zero-order chi connectivity index (χ0) is 14.5. The van der Waals surface area contributed by atoms with Gasteiger partial charge in [0.1, 0.15) is 5.75 Å². The SMILES string of the molecule is CCNC(c1cccc(OC(C)C)c1)C1OCCC1C. The van der Waals surface area contributed by atoms with Gasteiger partial charge in [-0.05, 0) is 50.4 Å². The van der Waals surface area contributed by atoms with Gasteiger partial charge in [0.05, 0.1) is 18.2 Å². The van der Waals surface area contributed by atoms with E-state index in [9.17, 15) is 0 Å². The Morgan fingerprint density at radius 2 is 2.20 bits per heavy atom. The fourth-order valence-corrected chi connectivity index (χ4v) is 2.84. The van der Waals surface area contributed by atoms with Crippen molar-refractivity contribution in [2.75, 3.05) is 13.2 Å². The van der Waals surface area contributed by atoms with Crippen molar-refractivity contribution >= 4 is 0 Å². The Labute approximate surface area is 122 Å². The van der Waals surface area contributed by atoms with E-state index in [0.29, 0.717) is 5.92 Å². The summed E-state index contributed by atoms with van der Waals surface area (Å²) in [4.78, 5) is 0. The molecule has 3 heteroatoms. The summed E-state index contributed by atoms with van der Waals surface area (Å²) in [7, 11) is 0. The minimum Gasteiger partial charge on any atom is -0.491 e. The van der Waals surface area contributed by atoms with Crippen LogP contribution in [0.3, 0.4) is 0 Å². The molecule has 1 aliphatic rings. The first-order valence-corrected chi connectivity index (χ1v) is 7.73. The third-order valence-electron chi connectivity index (χ3n) is 3.79. The lowest BCUT2D eigenvalue weighted by molar-refractivity contribution is 0.0611. The second kappa shape index (κ2) is 7.09. The molecule has 0 amide bonds. The van der Waals surface area contributed by atoms with Gasteiger partial charge in [-0.2, -0.15) is 0 Å². The van der Waals surface area contributed by atoms with Gasteiger partial charge in [0.2, 0.25) is 0 Å². The van der Waals surface area contributed by atoms with E-state index < -0.39 is 0 Å². The van der Waals surface area contributed by atoms with E-state index in [0.717, 1.165) is 25.3 Å². The Hall–Kier alpha value is -1.06. The van der Waals surface area contributed by atoms with Crippen LogP contribution in [0.1, 0.15) is 45.7 Å². The molecule has 1 aromatic rings. The summed E-state index contributed by atoms with van der Waals surface area (Å²) < 4.78 is 11.8. The molecule has 0 radical (unpaired) electrons. The summed E-state index contributed by atoms with van der Waals surface area (Å²) in [6.45, 7) is 10.3. The third-order valence-corrected chi connectivity index (χ3v) is 3.79. The van der Waals surface area contributed by atoms with E-state index >= 15 is 0 Å². The molecular formula is C17H27NO2. The van der Waals surface area contributed by atoms with Gasteiger partial charge in [-0.25, -0.2) is 0 Å². The normalized spacial score (nSPS) is 24.1. The van der Waals surface area contributed by atoms with Crippen LogP contribution >= 0.6 is 0 Å². The van der Waals surface area contributed by atoms with E-state index in [-0.39, 0.29) is 18.2 Å². The second-order valence-electron chi connectivity index (χ2n) is 5.88. The summed E-state index contributed by atoms with van der Waals surface area (Å²) in [6.07, 6.45) is 1.60. The molecule has 1 aliphatic heterocycles. The molecule has 3 atom stereocenters. The monoisotopic (exact) mass is 277 g/mol. The predicted molar refractivity (Wildman–Crippen MR) is 82.1 cm³/mol. The molecule has 3 nitrogen and oxygen atoms in total. The van der Waals surface area contributed by atoms with Crippen molar-refractivity contribution in [2.45, 2.75) is 52.4 Å². The van der Waals surface area contributed by atoms with E-state index in [4.69, 9.17) is 9.47 Å². The molecular weight excluding hydrogens is 250 g/mol. The van der Waals surface area contributed by atoms with Gasteiger partial charge in [0, 0.05) is 6.61 Å². The van der Waals surface area contributed by atoms with Crippen LogP contribution in [0.5, 0.6) is 5.75 Å². The molecule has 20 heavy (non-hydrogen) atoms. The maximum absolute atomic E-state index is 5.95. The first-order valence-electron chi connectivity index (χ1n) is 7.73. The molecule has 1 fully saturated rings. The Bertz CT molecular complexity index is 419. The highest BCUT2D eigenvalue weighted by atomic mass is 16.5. The predicted octanol–water partition coefficient (Wildman–Crippen LogP) is 3.55. The van der Waals surface area contributed by atoms with Crippen molar-refractivity contribution in [1.82, 2.24) is 5.32 Å². The summed E-state index contributed by atoms with van der Waals surface area (Å²) in [6, 6.07) is 8.63.